The summed E-state index contributed by atoms with van der Waals surface area (Å²) in [5, 5.41) is 7.75. The summed E-state index contributed by atoms with van der Waals surface area (Å²) in [6, 6.07) is 6.29. The van der Waals surface area contributed by atoms with Crippen molar-refractivity contribution >= 4 is 17.3 Å². The number of guanidine groups is 1. The highest BCUT2D eigenvalue weighted by Gasteiger charge is 2.18. The molecule has 1 aromatic heterocycles. The zero-order valence-electron chi connectivity index (χ0n) is 17.0. The van der Waals surface area contributed by atoms with Gasteiger partial charge in [-0.15, -0.1) is 11.3 Å². The summed E-state index contributed by atoms with van der Waals surface area (Å²) in [6.45, 7) is 9.76. The molecule has 0 saturated carbocycles. The first-order chi connectivity index (χ1) is 13.7. The number of hydrogen-bond donors (Lipinski definition) is 2. The second-order valence-electron chi connectivity index (χ2n) is 6.84. The molecular weight excluding hydrogens is 372 g/mol. The summed E-state index contributed by atoms with van der Waals surface area (Å²) in [4.78, 5) is 10.5. The van der Waals surface area contributed by atoms with Crippen LogP contribution in [0.4, 0.5) is 0 Å². The average Bonchev–Trinajstić information content (AvgIpc) is 3.37. The predicted octanol–water partition coefficient (Wildman–Crippen LogP) is 3.44. The number of nitrogens with one attached hydrogen (secondary N) is 2. The highest BCUT2D eigenvalue weighted by atomic mass is 32.1. The maximum atomic E-state index is 6.18. The number of aliphatic imine (C=N–C) groups is 1. The summed E-state index contributed by atoms with van der Waals surface area (Å²) >= 11 is 1.74. The van der Waals surface area contributed by atoms with Crippen LogP contribution in [0.15, 0.2) is 29.4 Å². The summed E-state index contributed by atoms with van der Waals surface area (Å²) in [5.74, 6) is 1.69. The van der Waals surface area contributed by atoms with E-state index in [0.717, 1.165) is 48.3 Å². The maximum absolute atomic E-state index is 6.18. The summed E-state index contributed by atoms with van der Waals surface area (Å²) < 4.78 is 11.6. The fourth-order valence-electron chi connectivity index (χ4n) is 2.95. The standard InChI is InChI=1S/C21H30N4O2S/c1-4-18-12-23-20(28-18)13-25-21(22-5-2)24-11-16-7-6-15(3)10-19(16)27-17-8-9-26-14-17/h6-7,10,12,17H,4-5,8-9,11,13-14H2,1-3H3,(H2,22,24,25). The molecule has 0 spiro atoms. The van der Waals surface area contributed by atoms with Gasteiger partial charge in [-0.1, -0.05) is 19.1 Å². The first kappa shape index (κ1) is 20.6. The van der Waals surface area contributed by atoms with Crippen LogP contribution in [0.3, 0.4) is 0 Å². The highest BCUT2D eigenvalue weighted by molar-refractivity contribution is 7.11. The van der Waals surface area contributed by atoms with Crippen molar-refractivity contribution in [2.24, 2.45) is 4.99 Å². The Hall–Kier alpha value is -2.12. The molecule has 1 aliphatic heterocycles. The molecule has 6 nitrogen and oxygen atoms in total. The summed E-state index contributed by atoms with van der Waals surface area (Å²) in [5.41, 5.74) is 2.26. The molecule has 1 aromatic carbocycles. The van der Waals surface area contributed by atoms with E-state index in [1.54, 1.807) is 11.3 Å². The molecule has 152 valence electrons. The monoisotopic (exact) mass is 402 g/mol. The Morgan fingerprint density at radius 3 is 2.96 bits per heavy atom. The van der Waals surface area contributed by atoms with Crippen LogP contribution < -0.4 is 15.4 Å². The predicted molar refractivity (Wildman–Crippen MR) is 114 cm³/mol. The van der Waals surface area contributed by atoms with Crippen LogP contribution >= 0.6 is 11.3 Å². The molecule has 1 saturated heterocycles. The van der Waals surface area contributed by atoms with Crippen LogP contribution in [-0.2, 0) is 24.2 Å². The van der Waals surface area contributed by atoms with Crippen molar-refractivity contribution in [1.29, 1.82) is 0 Å². The van der Waals surface area contributed by atoms with E-state index < -0.39 is 0 Å². The van der Waals surface area contributed by atoms with E-state index in [-0.39, 0.29) is 6.10 Å². The smallest absolute Gasteiger partial charge is 0.191 e. The van der Waals surface area contributed by atoms with E-state index >= 15 is 0 Å². The number of aryl methyl sites for hydroxylation is 2. The molecule has 28 heavy (non-hydrogen) atoms. The minimum absolute atomic E-state index is 0.133. The van der Waals surface area contributed by atoms with Gasteiger partial charge in [-0.25, -0.2) is 9.98 Å². The van der Waals surface area contributed by atoms with Crippen LogP contribution in [0.25, 0.3) is 0 Å². The molecule has 1 unspecified atom stereocenters. The van der Waals surface area contributed by atoms with Crippen molar-refractivity contribution in [2.75, 3.05) is 19.8 Å². The van der Waals surface area contributed by atoms with Gasteiger partial charge < -0.3 is 20.1 Å². The average molecular weight is 403 g/mol. The molecule has 1 atom stereocenters. The first-order valence-electron chi connectivity index (χ1n) is 9.97. The fourth-order valence-corrected chi connectivity index (χ4v) is 3.75. The minimum atomic E-state index is 0.133. The SMILES string of the molecule is CCNC(=NCc1ccc(C)cc1OC1CCOC1)NCc1ncc(CC)s1. The van der Waals surface area contributed by atoms with Crippen molar-refractivity contribution in [2.45, 2.75) is 52.8 Å². The molecule has 0 aliphatic carbocycles. The van der Waals surface area contributed by atoms with Gasteiger partial charge in [0, 0.05) is 29.6 Å². The van der Waals surface area contributed by atoms with E-state index in [1.165, 1.54) is 10.4 Å². The maximum Gasteiger partial charge on any atom is 0.191 e. The Labute approximate surface area is 171 Å². The highest BCUT2D eigenvalue weighted by Crippen LogP contribution is 2.24. The minimum Gasteiger partial charge on any atom is -0.488 e. The van der Waals surface area contributed by atoms with Gasteiger partial charge in [-0.3, -0.25) is 0 Å². The largest absolute Gasteiger partial charge is 0.488 e. The van der Waals surface area contributed by atoms with Crippen LogP contribution in [0.5, 0.6) is 5.75 Å². The van der Waals surface area contributed by atoms with Crippen molar-refractivity contribution in [1.82, 2.24) is 15.6 Å². The van der Waals surface area contributed by atoms with Gasteiger partial charge >= 0.3 is 0 Å². The molecule has 2 heterocycles. The van der Waals surface area contributed by atoms with Gasteiger partial charge in [-0.2, -0.15) is 0 Å². The van der Waals surface area contributed by atoms with Crippen molar-refractivity contribution in [3.8, 4) is 5.75 Å². The van der Waals surface area contributed by atoms with Crippen LogP contribution in [0.1, 0.15) is 41.3 Å². The normalized spacial score (nSPS) is 17.0. The number of hydrogen-bond acceptors (Lipinski definition) is 5. The van der Waals surface area contributed by atoms with Crippen molar-refractivity contribution in [3.63, 3.8) is 0 Å². The second kappa shape index (κ2) is 10.4. The third-order valence-electron chi connectivity index (χ3n) is 4.51. The fraction of sp³-hybridized carbons (Fsp3) is 0.524. The Balaban J connectivity index is 1.65. The third-order valence-corrected chi connectivity index (χ3v) is 5.65. The van der Waals surface area contributed by atoms with Crippen LogP contribution in [-0.4, -0.2) is 36.8 Å². The van der Waals surface area contributed by atoms with E-state index in [2.05, 4.69) is 54.6 Å². The quantitative estimate of drug-likeness (QED) is 0.523. The molecule has 0 radical (unpaired) electrons. The molecule has 0 bridgehead atoms. The number of nitrogens with zero attached hydrogens (tertiary/aromatic N) is 2. The molecule has 0 amide bonds. The van der Waals surface area contributed by atoms with Crippen LogP contribution in [0, 0.1) is 6.92 Å². The lowest BCUT2D eigenvalue weighted by atomic mass is 10.1. The van der Waals surface area contributed by atoms with E-state index in [1.807, 2.05) is 6.20 Å². The van der Waals surface area contributed by atoms with E-state index in [4.69, 9.17) is 14.5 Å². The first-order valence-corrected chi connectivity index (χ1v) is 10.8. The Bertz CT molecular complexity index is 784. The second-order valence-corrected chi connectivity index (χ2v) is 8.04. The number of thiazole rings is 1. The lowest BCUT2D eigenvalue weighted by molar-refractivity contribution is 0.140. The number of rotatable bonds is 8. The van der Waals surface area contributed by atoms with Gasteiger partial charge in [-0.05, 0) is 31.9 Å². The topological polar surface area (TPSA) is 67.8 Å². The number of benzene rings is 1. The van der Waals surface area contributed by atoms with Crippen molar-refractivity contribution < 1.29 is 9.47 Å². The molecule has 1 aliphatic rings. The van der Waals surface area contributed by atoms with Gasteiger partial charge in [0.2, 0.25) is 0 Å². The van der Waals surface area contributed by atoms with E-state index in [9.17, 15) is 0 Å². The van der Waals surface area contributed by atoms with Gasteiger partial charge in [0.25, 0.3) is 0 Å². The molecule has 2 aromatic rings. The third kappa shape index (κ3) is 5.94. The Kier molecular flexibility index (Phi) is 7.68. The lowest BCUT2D eigenvalue weighted by Crippen LogP contribution is -2.36. The van der Waals surface area contributed by atoms with E-state index in [0.29, 0.717) is 19.7 Å². The van der Waals surface area contributed by atoms with Crippen LogP contribution in [0.2, 0.25) is 0 Å². The molecule has 1 fully saturated rings. The molecule has 2 N–H and O–H groups in total. The van der Waals surface area contributed by atoms with Gasteiger partial charge in [0.1, 0.15) is 16.9 Å². The zero-order valence-corrected chi connectivity index (χ0v) is 17.8. The number of ether oxygens (including phenoxy) is 2. The molecule has 3 rings (SSSR count). The summed E-state index contributed by atoms with van der Waals surface area (Å²) in [6.07, 6.45) is 4.05. The van der Waals surface area contributed by atoms with Gasteiger partial charge in [0.15, 0.2) is 5.96 Å². The Morgan fingerprint density at radius 1 is 1.36 bits per heavy atom. The summed E-state index contributed by atoms with van der Waals surface area (Å²) in [7, 11) is 0. The molecular formula is C21H30N4O2S. The molecule has 7 heteroatoms. The number of aromatic nitrogens is 1. The van der Waals surface area contributed by atoms with Gasteiger partial charge in [0.05, 0.1) is 26.3 Å². The Morgan fingerprint density at radius 2 is 2.25 bits per heavy atom. The van der Waals surface area contributed by atoms with Crippen molar-refractivity contribution in [3.05, 3.63) is 45.4 Å². The lowest BCUT2D eigenvalue weighted by Gasteiger charge is -2.16. The zero-order chi connectivity index (χ0) is 19.8.